The molecule has 0 unspecified atom stereocenters. The van der Waals surface area contributed by atoms with Gasteiger partial charge >= 0.3 is 0 Å². The van der Waals surface area contributed by atoms with Crippen molar-refractivity contribution in [1.29, 1.82) is 0 Å². The summed E-state index contributed by atoms with van der Waals surface area (Å²) in [5, 5.41) is 2.29. The Bertz CT molecular complexity index is 1460. The van der Waals surface area contributed by atoms with Crippen LogP contribution >= 0.6 is 0 Å². The Morgan fingerprint density at radius 2 is 1.29 bits per heavy atom. The Kier molecular flexibility index (Phi) is 9.25. The molecule has 0 radical (unpaired) electrons. The van der Waals surface area contributed by atoms with Crippen LogP contribution in [0.4, 0.5) is 0 Å². The van der Waals surface area contributed by atoms with E-state index in [9.17, 15) is 4.79 Å². The Labute approximate surface area is 247 Å². The summed E-state index contributed by atoms with van der Waals surface area (Å²) in [5.41, 5.74) is 8.71. The van der Waals surface area contributed by atoms with Gasteiger partial charge in [-0.1, -0.05) is 89.0 Å². The number of hydrogen-bond donors (Lipinski definition) is 0. The number of benzene rings is 4. The highest BCUT2D eigenvalue weighted by Crippen LogP contribution is 2.26. The second-order valence-electron chi connectivity index (χ2n) is 12.7. The van der Waals surface area contributed by atoms with Gasteiger partial charge in [0, 0.05) is 24.2 Å². The van der Waals surface area contributed by atoms with Gasteiger partial charge in [-0.25, -0.2) is 0 Å². The largest absolute Gasteiger partial charge is 0.334 e. The lowest BCUT2D eigenvalue weighted by Gasteiger charge is -2.42. The Balaban J connectivity index is 1.31. The highest BCUT2D eigenvalue weighted by atomic mass is 16.2. The van der Waals surface area contributed by atoms with Crippen molar-refractivity contribution in [3.05, 3.63) is 118 Å². The SMILES string of the molecule is Cc1cc(C)cc(CN(CCCC[N+]2(Cc3cc(C)cc(C)c3)CCCCC2)C(=O)c2ccc3ccccc3c2)c1. The third-order valence-corrected chi connectivity index (χ3v) is 8.81. The fourth-order valence-corrected chi connectivity index (χ4v) is 7.08. The van der Waals surface area contributed by atoms with Crippen molar-refractivity contribution >= 4 is 16.7 Å². The zero-order valence-electron chi connectivity index (χ0n) is 25.6. The summed E-state index contributed by atoms with van der Waals surface area (Å²) in [7, 11) is 0. The van der Waals surface area contributed by atoms with Crippen LogP contribution in [0.25, 0.3) is 10.8 Å². The molecule has 41 heavy (non-hydrogen) atoms. The summed E-state index contributed by atoms with van der Waals surface area (Å²) in [6.45, 7) is 15.0. The highest BCUT2D eigenvalue weighted by molar-refractivity contribution is 5.98. The van der Waals surface area contributed by atoms with Crippen LogP contribution in [0.1, 0.15) is 75.8 Å². The number of carbonyl (C=O) groups excluding carboxylic acids is 1. The van der Waals surface area contributed by atoms with E-state index in [1.54, 1.807) is 0 Å². The minimum Gasteiger partial charge on any atom is -0.334 e. The molecule has 0 aliphatic carbocycles. The van der Waals surface area contributed by atoms with Gasteiger partial charge in [0.1, 0.15) is 6.54 Å². The number of piperidine rings is 1. The van der Waals surface area contributed by atoms with Gasteiger partial charge in [-0.3, -0.25) is 4.79 Å². The molecule has 1 saturated heterocycles. The van der Waals surface area contributed by atoms with Gasteiger partial charge in [-0.2, -0.15) is 0 Å². The zero-order valence-corrected chi connectivity index (χ0v) is 25.6. The van der Waals surface area contributed by atoms with Gasteiger partial charge in [-0.05, 0) is 88.3 Å². The van der Waals surface area contributed by atoms with E-state index < -0.39 is 0 Å². The molecule has 0 N–H and O–H groups in total. The molecule has 1 heterocycles. The van der Waals surface area contributed by atoms with Gasteiger partial charge in [0.15, 0.2) is 0 Å². The van der Waals surface area contributed by atoms with Crippen molar-refractivity contribution in [1.82, 2.24) is 4.90 Å². The van der Waals surface area contributed by atoms with E-state index in [0.717, 1.165) is 36.9 Å². The Morgan fingerprint density at radius 3 is 1.95 bits per heavy atom. The van der Waals surface area contributed by atoms with E-state index in [1.165, 1.54) is 82.1 Å². The van der Waals surface area contributed by atoms with Gasteiger partial charge in [0.05, 0.1) is 19.6 Å². The molecule has 4 aromatic rings. The molecular formula is C38H47N2O+. The summed E-state index contributed by atoms with van der Waals surface area (Å²) in [6, 6.07) is 28.1. The minimum absolute atomic E-state index is 0.131. The maximum absolute atomic E-state index is 13.9. The average molecular weight is 548 g/mol. The van der Waals surface area contributed by atoms with Crippen LogP contribution in [-0.2, 0) is 13.1 Å². The number of rotatable bonds is 10. The first kappa shape index (κ1) is 29.1. The Hall–Kier alpha value is -3.43. The summed E-state index contributed by atoms with van der Waals surface area (Å²) in [4.78, 5) is 16.0. The van der Waals surface area contributed by atoms with Gasteiger partial charge in [0.2, 0.25) is 0 Å². The molecular weight excluding hydrogens is 500 g/mol. The van der Waals surface area contributed by atoms with Crippen LogP contribution in [-0.4, -0.2) is 41.5 Å². The normalized spacial score (nSPS) is 14.7. The predicted molar refractivity (Wildman–Crippen MR) is 172 cm³/mol. The van der Waals surface area contributed by atoms with E-state index in [-0.39, 0.29) is 5.91 Å². The average Bonchev–Trinajstić information content (AvgIpc) is 2.93. The quantitative estimate of drug-likeness (QED) is 0.144. The van der Waals surface area contributed by atoms with Crippen LogP contribution in [0.2, 0.25) is 0 Å². The molecule has 3 nitrogen and oxygen atoms in total. The molecule has 0 atom stereocenters. The lowest BCUT2D eigenvalue weighted by molar-refractivity contribution is -0.945. The minimum atomic E-state index is 0.131. The third-order valence-electron chi connectivity index (χ3n) is 8.81. The molecule has 4 aromatic carbocycles. The number of fused-ring (bicyclic) bond motifs is 1. The van der Waals surface area contributed by atoms with Crippen LogP contribution in [0.5, 0.6) is 0 Å². The van der Waals surface area contributed by atoms with E-state index in [2.05, 4.69) is 93.3 Å². The third kappa shape index (κ3) is 7.65. The van der Waals surface area contributed by atoms with Crippen molar-refractivity contribution < 1.29 is 9.28 Å². The molecule has 1 fully saturated rings. The topological polar surface area (TPSA) is 20.3 Å². The summed E-state index contributed by atoms with van der Waals surface area (Å²) >= 11 is 0. The van der Waals surface area contributed by atoms with E-state index in [1.807, 2.05) is 18.2 Å². The fourth-order valence-electron chi connectivity index (χ4n) is 7.08. The van der Waals surface area contributed by atoms with E-state index in [0.29, 0.717) is 6.54 Å². The van der Waals surface area contributed by atoms with Crippen molar-refractivity contribution in [2.75, 3.05) is 26.2 Å². The number of aryl methyl sites for hydroxylation is 4. The number of amides is 1. The number of carbonyl (C=O) groups is 1. The van der Waals surface area contributed by atoms with Crippen molar-refractivity contribution in [3.63, 3.8) is 0 Å². The number of nitrogens with zero attached hydrogens (tertiary/aromatic N) is 2. The fraction of sp³-hybridized carbons (Fsp3) is 0.395. The van der Waals surface area contributed by atoms with Gasteiger partial charge in [-0.15, -0.1) is 0 Å². The smallest absolute Gasteiger partial charge is 0.254 e. The lowest BCUT2D eigenvalue weighted by atomic mass is 10.0. The van der Waals surface area contributed by atoms with Crippen LogP contribution < -0.4 is 0 Å². The van der Waals surface area contributed by atoms with Crippen LogP contribution in [0.3, 0.4) is 0 Å². The monoisotopic (exact) mass is 547 g/mol. The van der Waals surface area contributed by atoms with Gasteiger partial charge < -0.3 is 9.38 Å². The van der Waals surface area contributed by atoms with Gasteiger partial charge in [0.25, 0.3) is 5.91 Å². The predicted octanol–water partition coefficient (Wildman–Crippen LogP) is 8.70. The first-order valence-corrected chi connectivity index (χ1v) is 15.6. The highest BCUT2D eigenvalue weighted by Gasteiger charge is 2.30. The number of likely N-dealkylation sites (tertiary alicyclic amines) is 1. The van der Waals surface area contributed by atoms with E-state index >= 15 is 0 Å². The molecule has 0 spiro atoms. The molecule has 5 rings (SSSR count). The second kappa shape index (κ2) is 13.0. The molecule has 1 aliphatic heterocycles. The molecule has 0 bridgehead atoms. The maximum Gasteiger partial charge on any atom is 0.254 e. The standard InChI is InChI=1S/C38H47N2O/c1-29-20-30(2)23-33(22-29)27-39(38(41)37-15-14-35-12-6-7-13-36(35)26-37)16-8-11-19-40(17-9-5-10-18-40)28-34-24-31(3)21-32(4)25-34/h6-7,12-15,20-26H,5,8-11,16-19,27-28H2,1-4H3/q+1. The molecule has 0 saturated carbocycles. The molecule has 214 valence electrons. The summed E-state index contributed by atoms with van der Waals surface area (Å²) < 4.78 is 1.19. The van der Waals surface area contributed by atoms with Crippen LogP contribution in [0, 0.1) is 27.7 Å². The molecule has 1 aliphatic rings. The molecule has 1 amide bonds. The zero-order chi connectivity index (χ0) is 28.8. The number of hydrogen-bond acceptors (Lipinski definition) is 1. The second-order valence-corrected chi connectivity index (χ2v) is 12.7. The number of unbranched alkanes of at least 4 members (excludes halogenated alkanes) is 1. The van der Waals surface area contributed by atoms with Crippen molar-refractivity contribution in [2.24, 2.45) is 0 Å². The maximum atomic E-state index is 13.9. The summed E-state index contributed by atoms with van der Waals surface area (Å²) in [5.74, 6) is 0.131. The first-order valence-electron chi connectivity index (χ1n) is 15.6. The van der Waals surface area contributed by atoms with E-state index in [4.69, 9.17) is 0 Å². The molecule has 3 heteroatoms. The van der Waals surface area contributed by atoms with Crippen molar-refractivity contribution in [2.45, 2.75) is 72.9 Å². The molecule has 0 aromatic heterocycles. The van der Waals surface area contributed by atoms with Crippen LogP contribution in [0.15, 0.2) is 78.9 Å². The van der Waals surface area contributed by atoms with Crippen molar-refractivity contribution in [3.8, 4) is 0 Å². The lowest BCUT2D eigenvalue weighted by Crippen LogP contribution is -2.51. The first-order chi connectivity index (χ1) is 19.8. The Morgan fingerprint density at radius 1 is 0.683 bits per heavy atom. The number of quaternary nitrogens is 1. The summed E-state index contributed by atoms with van der Waals surface area (Å²) in [6.07, 6.45) is 6.17.